The van der Waals surface area contributed by atoms with Gasteiger partial charge in [-0.05, 0) is 51.7 Å². The van der Waals surface area contributed by atoms with Gasteiger partial charge in [-0.2, -0.15) is 0 Å². The van der Waals surface area contributed by atoms with E-state index in [9.17, 15) is 13.5 Å². The molecule has 6 heteroatoms. The van der Waals surface area contributed by atoms with E-state index in [1.807, 2.05) is 7.05 Å². The van der Waals surface area contributed by atoms with Gasteiger partial charge in [0.15, 0.2) is 9.84 Å². The molecule has 1 saturated carbocycles. The smallest absolute Gasteiger partial charge is 0.151 e. The average molecular weight is 304 g/mol. The lowest BCUT2D eigenvalue weighted by atomic mass is 9.85. The predicted octanol–water partition coefficient (Wildman–Crippen LogP) is 0.248. The van der Waals surface area contributed by atoms with Crippen LogP contribution in [0.25, 0.3) is 0 Å². The van der Waals surface area contributed by atoms with Crippen molar-refractivity contribution in [3.63, 3.8) is 0 Å². The van der Waals surface area contributed by atoms with Gasteiger partial charge in [-0.1, -0.05) is 6.42 Å². The zero-order valence-electron chi connectivity index (χ0n) is 12.5. The second-order valence-corrected chi connectivity index (χ2v) is 8.59. The highest BCUT2D eigenvalue weighted by Gasteiger charge is 2.40. The van der Waals surface area contributed by atoms with Gasteiger partial charge in [0.1, 0.15) is 0 Å². The lowest BCUT2D eigenvalue weighted by Gasteiger charge is -2.35. The molecule has 118 valence electrons. The van der Waals surface area contributed by atoms with E-state index in [4.69, 9.17) is 0 Å². The first-order chi connectivity index (χ1) is 9.51. The van der Waals surface area contributed by atoms with Gasteiger partial charge in [-0.25, -0.2) is 8.42 Å². The first kappa shape index (κ1) is 16.2. The number of likely N-dealkylation sites (N-methyl/N-ethyl adjacent to an activating group) is 1. The quantitative estimate of drug-likeness (QED) is 0.762. The number of rotatable bonds is 5. The minimum atomic E-state index is -2.82. The van der Waals surface area contributed by atoms with Crippen molar-refractivity contribution in [2.24, 2.45) is 5.92 Å². The van der Waals surface area contributed by atoms with Gasteiger partial charge in [0, 0.05) is 12.1 Å². The van der Waals surface area contributed by atoms with E-state index in [1.165, 1.54) is 6.42 Å². The maximum Gasteiger partial charge on any atom is 0.151 e. The summed E-state index contributed by atoms with van der Waals surface area (Å²) < 4.78 is 23.2. The van der Waals surface area contributed by atoms with E-state index in [0.717, 1.165) is 38.8 Å². The van der Waals surface area contributed by atoms with Crippen LogP contribution in [0, 0.1) is 5.92 Å². The third kappa shape index (κ3) is 3.72. The fourth-order valence-corrected chi connectivity index (χ4v) is 5.04. The molecule has 0 aromatic heterocycles. The molecule has 1 aliphatic carbocycles. The number of sulfone groups is 1. The SMILES string of the molecule is CNC1(CO)CCCC1CCN1CCCS(=O)(=O)CC1. The van der Waals surface area contributed by atoms with Crippen molar-refractivity contribution in [2.45, 2.75) is 37.6 Å². The molecule has 2 rings (SSSR count). The number of nitrogens with zero attached hydrogens (tertiary/aromatic N) is 1. The highest BCUT2D eigenvalue weighted by Crippen LogP contribution is 2.37. The Morgan fingerprint density at radius 1 is 1.30 bits per heavy atom. The predicted molar refractivity (Wildman–Crippen MR) is 80.5 cm³/mol. The molecule has 2 fully saturated rings. The number of aliphatic hydroxyl groups is 1. The molecular weight excluding hydrogens is 276 g/mol. The summed E-state index contributed by atoms with van der Waals surface area (Å²) in [5.74, 6) is 1.14. The molecule has 2 N–H and O–H groups in total. The monoisotopic (exact) mass is 304 g/mol. The Kier molecular flexibility index (Phi) is 5.45. The van der Waals surface area contributed by atoms with Gasteiger partial charge < -0.3 is 15.3 Å². The van der Waals surface area contributed by atoms with Crippen LogP contribution in [0.4, 0.5) is 0 Å². The molecular formula is C14H28N2O3S. The van der Waals surface area contributed by atoms with Crippen molar-refractivity contribution in [3.05, 3.63) is 0 Å². The van der Waals surface area contributed by atoms with Crippen molar-refractivity contribution in [1.29, 1.82) is 0 Å². The van der Waals surface area contributed by atoms with E-state index >= 15 is 0 Å². The van der Waals surface area contributed by atoms with Crippen LogP contribution in [-0.2, 0) is 9.84 Å². The standard InChI is InChI=1S/C14H28N2O3S/c1-15-14(12-17)6-2-4-13(14)5-8-16-7-3-10-20(18,19)11-9-16/h13,15,17H,2-12H2,1H3. The third-order valence-electron chi connectivity index (χ3n) is 5.18. The third-order valence-corrected chi connectivity index (χ3v) is 6.89. The fourth-order valence-electron chi connectivity index (χ4n) is 3.73. The summed E-state index contributed by atoms with van der Waals surface area (Å²) >= 11 is 0. The molecule has 0 bridgehead atoms. The fraction of sp³-hybridized carbons (Fsp3) is 1.00. The second-order valence-electron chi connectivity index (χ2n) is 6.29. The molecule has 2 unspecified atom stereocenters. The first-order valence-corrected chi connectivity index (χ1v) is 9.56. The van der Waals surface area contributed by atoms with E-state index in [2.05, 4.69) is 10.2 Å². The molecule has 2 aliphatic rings. The van der Waals surface area contributed by atoms with Crippen LogP contribution < -0.4 is 5.32 Å². The van der Waals surface area contributed by atoms with Crippen LogP contribution in [0.1, 0.15) is 32.1 Å². The highest BCUT2D eigenvalue weighted by molar-refractivity contribution is 7.91. The molecule has 1 aliphatic heterocycles. The summed E-state index contributed by atoms with van der Waals surface area (Å²) in [4.78, 5) is 2.28. The van der Waals surface area contributed by atoms with Crippen molar-refractivity contribution in [1.82, 2.24) is 10.2 Å². The molecule has 2 atom stereocenters. The maximum absolute atomic E-state index is 11.6. The van der Waals surface area contributed by atoms with Gasteiger partial charge in [0.05, 0.1) is 18.1 Å². The molecule has 0 amide bonds. The summed E-state index contributed by atoms with van der Waals surface area (Å²) in [6.07, 6.45) is 5.17. The topological polar surface area (TPSA) is 69.6 Å². The summed E-state index contributed by atoms with van der Waals surface area (Å²) in [7, 11) is -0.878. The molecule has 5 nitrogen and oxygen atoms in total. The lowest BCUT2D eigenvalue weighted by Crippen LogP contribution is -2.50. The minimum absolute atomic E-state index is 0.113. The zero-order valence-corrected chi connectivity index (χ0v) is 13.3. The van der Waals surface area contributed by atoms with Crippen LogP contribution in [0.3, 0.4) is 0 Å². The Morgan fingerprint density at radius 3 is 2.80 bits per heavy atom. The largest absolute Gasteiger partial charge is 0.394 e. The van der Waals surface area contributed by atoms with Crippen molar-refractivity contribution in [2.75, 3.05) is 44.8 Å². The minimum Gasteiger partial charge on any atom is -0.394 e. The summed E-state index contributed by atoms with van der Waals surface area (Å²) in [5.41, 5.74) is -0.113. The molecule has 0 radical (unpaired) electrons. The highest BCUT2D eigenvalue weighted by atomic mass is 32.2. The maximum atomic E-state index is 11.6. The summed E-state index contributed by atoms with van der Waals surface area (Å²) in [5, 5.41) is 13.0. The molecule has 1 saturated heterocycles. The molecule has 20 heavy (non-hydrogen) atoms. The Labute approximate surface area is 122 Å². The van der Waals surface area contributed by atoms with Gasteiger partial charge in [0.25, 0.3) is 0 Å². The summed E-state index contributed by atoms with van der Waals surface area (Å²) in [6.45, 7) is 2.70. The zero-order chi connectivity index (χ0) is 14.6. The van der Waals surface area contributed by atoms with Crippen LogP contribution in [0.5, 0.6) is 0 Å². The molecule has 0 spiro atoms. The summed E-state index contributed by atoms with van der Waals surface area (Å²) in [6, 6.07) is 0. The lowest BCUT2D eigenvalue weighted by molar-refractivity contribution is 0.119. The van der Waals surface area contributed by atoms with Gasteiger partial charge in [-0.3, -0.25) is 0 Å². The van der Waals surface area contributed by atoms with Crippen LogP contribution in [-0.4, -0.2) is 68.8 Å². The normalized spacial score (nSPS) is 35.0. The number of hydrogen-bond acceptors (Lipinski definition) is 5. The molecule has 0 aromatic carbocycles. The Bertz CT molecular complexity index is 407. The first-order valence-electron chi connectivity index (χ1n) is 7.74. The molecule has 0 aromatic rings. The van der Waals surface area contributed by atoms with Crippen LogP contribution >= 0.6 is 0 Å². The Morgan fingerprint density at radius 2 is 2.10 bits per heavy atom. The van der Waals surface area contributed by atoms with Crippen LogP contribution in [0.2, 0.25) is 0 Å². The van der Waals surface area contributed by atoms with E-state index in [0.29, 0.717) is 24.0 Å². The van der Waals surface area contributed by atoms with E-state index < -0.39 is 9.84 Å². The average Bonchev–Trinajstić information content (AvgIpc) is 2.76. The van der Waals surface area contributed by atoms with E-state index in [1.54, 1.807) is 0 Å². The number of aliphatic hydroxyl groups excluding tert-OH is 1. The number of hydrogen-bond donors (Lipinski definition) is 2. The number of nitrogens with one attached hydrogen (secondary N) is 1. The Balaban J connectivity index is 1.86. The van der Waals surface area contributed by atoms with Crippen molar-refractivity contribution < 1.29 is 13.5 Å². The van der Waals surface area contributed by atoms with Gasteiger partial charge in [0.2, 0.25) is 0 Å². The van der Waals surface area contributed by atoms with Crippen molar-refractivity contribution >= 4 is 9.84 Å². The van der Waals surface area contributed by atoms with E-state index in [-0.39, 0.29) is 12.1 Å². The molecule has 1 heterocycles. The van der Waals surface area contributed by atoms with Crippen molar-refractivity contribution in [3.8, 4) is 0 Å². The Hall–Kier alpha value is -0.170. The van der Waals surface area contributed by atoms with Gasteiger partial charge >= 0.3 is 0 Å². The second kappa shape index (κ2) is 6.73. The van der Waals surface area contributed by atoms with Crippen LogP contribution in [0.15, 0.2) is 0 Å². The van der Waals surface area contributed by atoms with Gasteiger partial charge in [-0.15, -0.1) is 0 Å².